The van der Waals surface area contributed by atoms with Gasteiger partial charge >= 0.3 is 17.9 Å². The maximum atomic E-state index is 13.0. The molecule has 3 aromatic carbocycles. The van der Waals surface area contributed by atoms with Gasteiger partial charge in [0.1, 0.15) is 0 Å². The highest BCUT2D eigenvalue weighted by molar-refractivity contribution is 5.91. The van der Waals surface area contributed by atoms with Crippen LogP contribution in [0.1, 0.15) is 44.9 Å². The van der Waals surface area contributed by atoms with Crippen LogP contribution in [0.15, 0.2) is 91.0 Å². The minimum absolute atomic E-state index is 0.234. The first-order valence-corrected chi connectivity index (χ1v) is 12.1. The number of carbonyl (C=O) groups excluding carboxylic acids is 3. The number of fused-ring (bicyclic) bond motifs is 1. The summed E-state index contributed by atoms with van der Waals surface area (Å²) in [5.74, 6) is -3.19. The van der Waals surface area contributed by atoms with Crippen molar-refractivity contribution in [3.63, 3.8) is 0 Å². The minimum atomic E-state index is -1.59. The highest BCUT2D eigenvalue weighted by Crippen LogP contribution is 2.41. The monoisotopic (exact) mass is 518 g/mol. The van der Waals surface area contributed by atoms with E-state index in [0.717, 1.165) is 0 Å². The van der Waals surface area contributed by atoms with E-state index in [0.29, 0.717) is 5.56 Å². The van der Waals surface area contributed by atoms with Crippen molar-refractivity contribution >= 4 is 17.9 Å². The highest BCUT2D eigenvalue weighted by atomic mass is 16.9. The van der Waals surface area contributed by atoms with Crippen molar-refractivity contribution in [2.24, 2.45) is 0 Å². The fourth-order valence-electron chi connectivity index (χ4n) is 4.28. The Hall–Kier alpha value is -4.05. The number of ether oxygens (including phenoxy) is 6. The second-order valence-electron chi connectivity index (χ2n) is 9.22. The van der Waals surface area contributed by atoms with Gasteiger partial charge in [-0.25, -0.2) is 14.4 Å². The maximum Gasteiger partial charge on any atom is 0.341 e. The largest absolute Gasteiger partial charge is 0.453 e. The minimum Gasteiger partial charge on any atom is -0.453 e. The average molecular weight is 519 g/mol. The zero-order chi connectivity index (χ0) is 26.7. The van der Waals surface area contributed by atoms with Gasteiger partial charge in [-0.15, -0.1) is 0 Å². The van der Waals surface area contributed by atoms with Crippen molar-refractivity contribution in [3.8, 4) is 0 Å². The van der Waals surface area contributed by atoms with Crippen LogP contribution in [-0.2, 0) is 28.4 Å². The summed E-state index contributed by atoms with van der Waals surface area (Å²) in [7, 11) is 0. The topological polar surface area (TPSA) is 107 Å². The fourth-order valence-corrected chi connectivity index (χ4v) is 4.28. The van der Waals surface area contributed by atoms with Gasteiger partial charge < -0.3 is 28.4 Å². The molecule has 2 heterocycles. The standard InChI is InChI=1S/C29H26O9/c1-29(2)37-23-21(33-24(30)18-12-6-3-7-13-18)22(34-28(23)38-29)27(35-25(31)19-14-8-4-9-15-19)36-26(32)20-16-10-5-11-17-20/h3-17,21-23,27-28H,1-2H3/t21-,22-,23+,28-/m0/s1. The van der Waals surface area contributed by atoms with E-state index in [1.165, 1.54) is 0 Å². The molecular formula is C29H26O9. The lowest BCUT2D eigenvalue weighted by Crippen LogP contribution is -2.47. The third-order valence-corrected chi connectivity index (χ3v) is 6.01. The summed E-state index contributed by atoms with van der Waals surface area (Å²) in [6, 6.07) is 24.8. The fraction of sp³-hybridized carbons (Fsp3) is 0.276. The Morgan fingerprint density at radius 3 is 1.61 bits per heavy atom. The summed E-state index contributed by atoms with van der Waals surface area (Å²) in [6.45, 7) is 3.39. The van der Waals surface area contributed by atoms with Gasteiger partial charge in [0.15, 0.2) is 30.4 Å². The van der Waals surface area contributed by atoms with E-state index >= 15 is 0 Å². The van der Waals surface area contributed by atoms with Gasteiger partial charge in [-0.2, -0.15) is 0 Å². The van der Waals surface area contributed by atoms with Crippen LogP contribution in [0.4, 0.5) is 0 Å². The Bertz CT molecular complexity index is 1220. The van der Waals surface area contributed by atoms with E-state index in [1.54, 1.807) is 105 Å². The third kappa shape index (κ3) is 5.60. The van der Waals surface area contributed by atoms with Gasteiger partial charge in [0.25, 0.3) is 6.29 Å². The Morgan fingerprint density at radius 2 is 1.13 bits per heavy atom. The molecule has 4 atom stereocenters. The summed E-state index contributed by atoms with van der Waals surface area (Å²) >= 11 is 0. The number of esters is 3. The molecule has 0 aliphatic carbocycles. The molecule has 2 aliphatic rings. The predicted octanol–water partition coefficient (Wildman–Crippen LogP) is 4.13. The molecule has 38 heavy (non-hydrogen) atoms. The summed E-state index contributed by atoms with van der Waals surface area (Å²) in [6.07, 6.45) is -5.79. The summed E-state index contributed by atoms with van der Waals surface area (Å²) in [5.41, 5.74) is 0.766. The Morgan fingerprint density at radius 1 is 0.684 bits per heavy atom. The molecule has 0 N–H and O–H groups in total. The van der Waals surface area contributed by atoms with Crippen LogP contribution < -0.4 is 0 Å². The molecule has 0 amide bonds. The van der Waals surface area contributed by atoms with Crippen LogP contribution in [0.5, 0.6) is 0 Å². The first-order chi connectivity index (χ1) is 18.3. The molecule has 196 valence electrons. The van der Waals surface area contributed by atoms with Crippen molar-refractivity contribution in [3.05, 3.63) is 108 Å². The summed E-state index contributed by atoms with van der Waals surface area (Å²) in [4.78, 5) is 39.0. The normalized spacial score (nSPS) is 23.4. The first-order valence-electron chi connectivity index (χ1n) is 12.1. The smallest absolute Gasteiger partial charge is 0.341 e. The van der Waals surface area contributed by atoms with Gasteiger partial charge in [0.2, 0.25) is 0 Å². The van der Waals surface area contributed by atoms with Gasteiger partial charge in [-0.05, 0) is 50.2 Å². The van der Waals surface area contributed by atoms with Crippen molar-refractivity contribution in [1.82, 2.24) is 0 Å². The molecule has 5 rings (SSSR count). The molecule has 0 bridgehead atoms. The molecule has 3 aromatic rings. The zero-order valence-corrected chi connectivity index (χ0v) is 20.7. The summed E-state index contributed by atoms with van der Waals surface area (Å²) in [5, 5.41) is 0. The van der Waals surface area contributed by atoms with Crippen LogP contribution in [0.2, 0.25) is 0 Å². The van der Waals surface area contributed by atoms with Gasteiger partial charge in [-0.1, -0.05) is 54.6 Å². The van der Waals surface area contributed by atoms with E-state index < -0.39 is 54.6 Å². The Balaban J connectivity index is 1.45. The van der Waals surface area contributed by atoms with Crippen LogP contribution in [0.3, 0.4) is 0 Å². The molecule has 9 heteroatoms. The van der Waals surface area contributed by atoms with Crippen molar-refractivity contribution in [2.75, 3.05) is 0 Å². The Labute approximate surface area is 219 Å². The van der Waals surface area contributed by atoms with Crippen molar-refractivity contribution < 1.29 is 42.8 Å². The van der Waals surface area contributed by atoms with Gasteiger partial charge in [-0.3, -0.25) is 0 Å². The number of hydrogen-bond donors (Lipinski definition) is 0. The third-order valence-electron chi connectivity index (χ3n) is 6.01. The number of carbonyl (C=O) groups is 3. The van der Waals surface area contributed by atoms with E-state index in [-0.39, 0.29) is 11.1 Å². The molecule has 0 saturated carbocycles. The molecule has 2 aliphatic heterocycles. The molecule has 0 spiro atoms. The van der Waals surface area contributed by atoms with Crippen LogP contribution in [0.25, 0.3) is 0 Å². The van der Waals surface area contributed by atoms with Crippen LogP contribution in [0, 0.1) is 0 Å². The molecule has 0 aromatic heterocycles. The average Bonchev–Trinajstić information content (AvgIpc) is 3.41. The molecule has 2 saturated heterocycles. The number of benzene rings is 3. The molecule has 0 radical (unpaired) electrons. The van der Waals surface area contributed by atoms with E-state index in [2.05, 4.69) is 0 Å². The first kappa shape index (κ1) is 25.6. The zero-order valence-electron chi connectivity index (χ0n) is 20.7. The molecule has 2 fully saturated rings. The lowest BCUT2D eigenvalue weighted by Gasteiger charge is -2.30. The van der Waals surface area contributed by atoms with E-state index in [1.807, 2.05) is 0 Å². The molecular weight excluding hydrogens is 492 g/mol. The van der Waals surface area contributed by atoms with Crippen LogP contribution in [-0.4, -0.2) is 54.6 Å². The lowest BCUT2D eigenvalue weighted by atomic mass is 10.1. The summed E-state index contributed by atoms with van der Waals surface area (Å²) < 4.78 is 34.9. The highest BCUT2D eigenvalue weighted by Gasteiger charge is 2.60. The molecule has 0 unspecified atom stereocenters. The quantitative estimate of drug-likeness (QED) is 0.337. The lowest BCUT2D eigenvalue weighted by molar-refractivity contribution is -0.246. The predicted molar refractivity (Wildman–Crippen MR) is 132 cm³/mol. The van der Waals surface area contributed by atoms with Crippen molar-refractivity contribution in [2.45, 2.75) is 50.5 Å². The van der Waals surface area contributed by atoms with Crippen molar-refractivity contribution in [1.29, 1.82) is 0 Å². The Kier molecular flexibility index (Phi) is 7.24. The van der Waals surface area contributed by atoms with Gasteiger partial charge in [0.05, 0.1) is 16.7 Å². The molecule has 9 nitrogen and oxygen atoms in total. The second kappa shape index (κ2) is 10.7. The van der Waals surface area contributed by atoms with Gasteiger partial charge in [0, 0.05) is 0 Å². The number of hydrogen-bond acceptors (Lipinski definition) is 9. The van der Waals surface area contributed by atoms with E-state index in [9.17, 15) is 14.4 Å². The van der Waals surface area contributed by atoms with E-state index in [4.69, 9.17) is 28.4 Å². The SMILES string of the molecule is CC1(C)O[C@@H]2O[C@H](C(OC(=O)c3ccccc3)OC(=O)c3ccccc3)[C@H](OC(=O)c3ccccc3)[C@H]2O1. The van der Waals surface area contributed by atoms with Crippen LogP contribution >= 0.6 is 0 Å². The second-order valence-corrected chi connectivity index (χ2v) is 9.22. The maximum absolute atomic E-state index is 13.0. The number of rotatable bonds is 7.